The molecule has 130 valence electrons. The van der Waals surface area contributed by atoms with Crippen molar-refractivity contribution in [3.8, 4) is 11.3 Å². The summed E-state index contributed by atoms with van der Waals surface area (Å²) in [6, 6.07) is 13.6. The molecule has 0 saturated heterocycles. The lowest BCUT2D eigenvalue weighted by molar-refractivity contribution is 0.594. The molecule has 25 heavy (non-hydrogen) atoms. The van der Waals surface area contributed by atoms with Gasteiger partial charge in [-0.3, -0.25) is 4.98 Å². The Morgan fingerprint density at radius 1 is 0.840 bits per heavy atom. The van der Waals surface area contributed by atoms with Crippen LogP contribution in [0.15, 0.2) is 42.6 Å². The molecule has 0 radical (unpaired) electrons. The number of pyridine rings is 1. The van der Waals surface area contributed by atoms with Gasteiger partial charge in [-0.1, -0.05) is 57.9 Å². The van der Waals surface area contributed by atoms with Crippen LogP contribution in [-0.2, 0) is 5.41 Å². The van der Waals surface area contributed by atoms with E-state index in [1.54, 1.807) is 0 Å². The zero-order chi connectivity index (χ0) is 18.4. The highest BCUT2D eigenvalue weighted by molar-refractivity contribution is 5.97. The number of rotatable bonds is 2. The quantitative estimate of drug-likeness (QED) is 0.495. The van der Waals surface area contributed by atoms with E-state index in [1.807, 2.05) is 6.20 Å². The molecule has 3 aromatic rings. The van der Waals surface area contributed by atoms with Gasteiger partial charge in [-0.2, -0.15) is 0 Å². The van der Waals surface area contributed by atoms with Crippen molar-refractivity contribution in [2.45, 2.75) is 59.8 Å². The van der Waals surface area contributed by atoms with E-state index >= 15 is 0 Å². The highest BCUT2D eigenvalue weighted by atomic mass is 14.7. The van der Waals surface area contributed by atoms with Crippen molar-refractivity contribution in [3.05, 3.63) is 64.8 Å². The standard InChI is InChI=1S/C24H29N/c1-15(2)18-13-21-20(22(14-18)24(5,6)7)8-9-25-23(21)19-11-16(3)10-17(4)12-19/h8-15H,1-7H3. The second kappa shape index (κ2) is 6.29. The summed E-state index contributed by atoms with van der Waals surface area (Å²) in [5, 5.41) is 2.59. The molecule has 0 saturated carbocycles. The Hall–Kier alpha value is -2.15. The second-order valence-corrected chi connectivity index (χ2v) is 8.60. The average Bonchev–Trinajstić information content (AvgIpc) is 2.51. The molecule has 0 N–H and O–H groups in total. The predicted octanol–water partition coefficient (Wildman–Crippen LogP) is 6.94. The molecule has 0 aliphatic carbocycles. The molecule has 3 rings (SSSR count). The van der Waals surface area contributed by atoms with Crippen LogP contribution in [0.25, 0.3) is 22.0 Å². The van der Waals surface area contributed by atoms with Crippen LogP contribution in [0.1, 0.15) is 62.8 Å². The Morgan fingerprint density at radius 3 is 2.04 bits per heavy atom. The second-order valence-electron chi connectivity index (χ2n) is 8.60. The smallest absolute Gasteiger partial charge is 0.0780 e. The van der Waals surface area contributed by atoms with Crippen molar-refractivity contribution in [3.63, 3.8) is 0 Å². The summed E-state index contributed by atoms with van der Waals surface area (Å²) in [6.07, 6.45) is 1.96. The van der Waals surface area contributed by atoms with Crippen molar-refractivity contribution < 1.29 is 0 Å². The van der Waals surface area contributed by atoms with Crippen molar-refractivity contribution in [2.24, 2.45) is 0 Å². The van der Waals surface area contributed by atoms with Gasteiger partial charge >= 0.3 is 0 Å². The molecule has 1 heterocycles. The third-order valence-corrected chi connectivity index (χ3v) is 4.87. The van der Waals surface area contributed by atoms with Gasteiger partial charge in [-0.25, -0.2) is 0 Å². The summed E-state index contributed by atoms with van der Waals surface area (Å²) in [4.78, 5) is 4.78. The summed E-state index contributed by atoms with van der Waals surface area (Å²) >= 11 is 0. The SMILES string of the molecule is Cc1cc(C)cc(-c2nccc3c(C(C)(C)C)cc(C(C)C)cc23)c1. The molecule has 0 bridgehead atoms. The van der Waals surface area contributed by atoms with Gasteiger partial charge in [0, 0.05) is 17.1 Å². The van der Waals surface area contributed by atoms with Crippen LogP contribution >= 0.6 is 0 Å². The Kier molecular flexibility index (Phi) is 4.45. The van der Waals surface area contributed by atoms with Crippen LogP contribution in [0.4, 0.5) is 0 Å². The fraction of sp³-hybridized carbons (Fsp3) is 0.375. The number of aryl methyl sites for hydroxylation is 2. The van der Waals surface area contributed by atoms with E-state index in [0.29, 0.717) is 5.92 Å². The van der Waals surface area contributed by atoms with Crippen LogP contribution in [0.3, 0.4) is 0 Å². The molecule has 0 fully saturated rings. The zero-order valence-corrected chi connectivity index (χ0v) is 16.6. The van der Waals surface area contributed by atoms with Gasteiger partial charge in [-0.15, -0.1) is 0 Å². The molecular weight excluding hydrogens is 302 g/mol. The fourth-order valence-electron chi connectivity index (χ4n) is 3.60. The van der Waals surface area contributed by atoms with Gasteiger partial charge in [0.2, 0.25) is 0 Å². The molecule has 0 unspecified atom stereocenters. The molecule has 2 aromatic carbocycles. The van der Waals surface area contributed by atoms with E-state index in [-0.39, 0.29) is 5.41 Å². The van der Waals surface area contributed by atoms with E-state index in [1.165, 1.54) is 38.6 Å². The highest BCUT2D eigenvalue weighted by Crippen LogP contribution is 2.37. The van der Waals surface area contributed by atoms with Gasteiger partial charge in [0.25, 0.3) is 0 Å². The molecule has 0 spiro atoms. The summed E-state index contributed by atoms with van der Waals surface area (Å²) < 4.78 is 0. The Balaban J connectivity index is 2.40. The average molecular weight is 332 g/mol. The molecule has 0 atom stereocenters. The third-order valence-electron chi connectivity index (χ3n) is 4.87. The van der Waals surface area contributed by atoms with E-state index < -0.39 is 0 Å². The van der Waals surface area contributed by atoms with E-state index in [9.17, 15) is 0 Å². The first-order chi connectivity index (χ1) is 11.7. The Bertz CT molecular complexity index is 906. The van der Waals surface area contributed by atoms with Gasteiger partial charge in [0.15, 0.2) is 0 Å². The van der Waals surface area contributed by atoms with Gasteiger partial charge in [-0.05, 0) is 66.0 Å². The lowest BCUT2D eigenvalue weighted by Crippen LogP contribution is -2.13. The van der Waals surface area contributed by atoms with Gasteiger partial charge in [0.1, 0.15) is 0 Å². The van der Waals surface area contributed by atoms with Crippen LogP contribution in [0.2, 0.25) is 0 Å². The number of fused-ring (bicyclic) bond motifs is 1. The van der Waals surface area contributed by atoms with E-state index in [2.05, 4.69) is 84.9 Å². The molecule has 1 heteroatoms. The van der Waals surface area contributed by atoms with Gasteiger partial charge in [0.05, 0.1) is 5.69 Å². The number of hydrogen-bond donors (Lipinski definition) is 0. The van der Waals surface area contributed by atoms with E-state index in [0.717, 1.165) is 5.69 Å². The highest BCUT2D eigenvalue weighted by Gasteiger charge is 2.20. The Morgan fingerprint density at radius 2 is 1.48 bits per heavy atom. The first-order valence-corrected chi connectivity index (χ1v) is 9.18. The predicted molar refractivity (Wildman–Crippen MR) is 109 cm³/mol. The first-order valence-electron chi connectivity index (χ1n) is 9.18. The topological polar surface area (TPSA) is 12.9 Å². The lowest BCUT2D eigenvalue weighted by atomic mass is 9.81. The van der Waals surface area contributed by atoms with Crippen molar-refractivity contribution in [1.29, 1.82) is 0 Å². The van der Waals surface area contributed by atoms with Crippen LogP contribution in [0, 0.1) is 13.8 Å². The lowest BCUT2D eigenvalue weighted by Gasteiger charge is -2.24. The molecule has 0 amide bonds. The van der Waals surface area contributed by atoms with Crippen LogP contribution in [0.5, 0.6) is 0 Å². The summed E-state index contributed by atoms with van der Waals surface area (Å²) in [5.41, 5.74) is 7.76. The van der Waals surface area contributed by atoms with Gasteiger partial charge < -0.3 is 0 Å². The molecular formula is C24H29N. The maximum Gasteiger partial charge on any atom is 0.0780 e. The molecule has 1 aromatic heterocycles. The van der Waals surface area contributed by atoms with Crippen molar-refractivity contribution in [1.82, 2.24) is 4.98 Å². The number of hydrogen-bond acceptors (Lipinski definition) is 1. The zero-order valence-electron chi connectivity index (χ0n) is 16.6. The molecule has 0 aliphatic rings. The number of nitrogens with zero attached hydrogens (tertiary/aromatic N) is 1. The monoisotopic (exact) mass is 331 g/mol. The van der Waals surface area contributed by atoms with Crippen molar-refractivity contribution >= 4 is 10.8 Å². The normalized spacial score (nSPS) is 12.2. The molecule has 1 nitrogen and oxygen atoms in total. The molecule has 0 aliphatic heterocycles. The van der Waals surface area contributed by atoms with E-state index in [4.69, 9.17) is 4.98 Å². The first kappa shape index (κ1) is 17.7. The minimum atomic E-state index is 0.101. The minimum absolute atomic E-state index is 0.101. The maximum atomic E-state index is 4.78. The van der Waals surface area contributed by atoms with Crippen molar-refractivity contribution in [2.75, 3.05) is 0 Å². The number of benzene rings is 2. The third kappa shape index (κ3) is 3.46. The Labute approximate surface area is 152 Å². The maximum absolute atomic E-state index is 4.78. The summed E-state index contributed by atoms with van der Waals surface area (Å²) in [6.45, 7) is 15.7. The summed E-state index contributed by atoms with van der Waals surface area (Å²) in [5.74, 6) is 0.498. The van der Waals surface area contributed by atoms with Crippen LogP contribution < -0.4 is 0 Å². The van der Waals surface area contributed by atoms with Crippen LogP contribution in [-0.4, -0.2) is 4.98 Å². The summed E-state index contributed by atoms with van der Waals surface area (Å²) in [7, 11) is 0. The minimum Gasteiger partial charge on any atom is -0.256 e. The number of aromatic nitrogens is 1. The fourth-order valence-corrected chi connectivity index (χ4v) is 3.60. The largest absolute Gasteiger partial charge is 0.256 e.